The number of rotatable bonds is 6. The van der Waals surface area contributed by atoms with E-state index in [4.69, 9.17) is 9.94 Å². The number of hydrogen-bond donors (Lipinski definition) is 3. The van der Waals surface area contributed by atoms with Crippen molar-refractivity contribution >= 4 is 38.9 Å². The molecule has 0 spiro atoms. The van der Waals surface area contributed by atoms with E-state index in [1.165, 1.54) is 0 Å². The van der Waals surface area contributed by atoms with Crippen LogP contribution in [0, 0.1) is 20.8 Å². The molecule has 0 aliphatic rings. The molecule has 3 rings (SSSR count). The van der Waals surface area contributed by atoms with Crippen LogP contribution in [-0.2, 0) is 4.84 Å². The second-order valence-electron chi connectivity index (χ2n) is 6.07. The van der Waals surface area contributed by atoms with Crippen LogP contribution in [0.5, 0.6) is 0 Å². The summed E-state index contributed by atoms with van der Waals surface area (Å²) in [5, 5.41) is 20.5. The van der Waals surface area contributed by atoms with Crippen LogP contribution < -0.4 is 10.8 Å². The second kappa shape index (κ2) is 8.03. The van der Waals surface area contributed by atoms with Gasteiger partial charge in [0.15, 0.2) is 5.65 Å². The van der Waals surface area contributed by atoms with E-state index in [2.05, 4.69) is 36.9 Å². The van der Waals surface area contributed by atoms with Gasteiger partial charge in [-0.05, 0) is 44.5 Å². The summed E-state index contributed by atoms with van der Waals surface area (Å²) in [6.45, 7) is 5.49. The Morgan fingerprint density at radius 3 is 2.78 bits per heavy atom. The van der Waals surface area contributed by atoms with Gasteiger partial charge >= 0.3 is 0 Å². The zero-order chi connectivity index (χ0) is 19.6. The van der Waals surface area contributed by atoms with Crippen LogP contribution in [0.4, 0.5) is 11.4 Å². The van der Waals surface area contributed by atoms with E-state index in [0.29, 0.717) is 22.7 Å². The highest BCUT2D eigenvalue weighted by atomic mass is 79.9. The van der Waals surface area contributed by atoms with Gasteiger partial charge in [-0.15, -0.1) is 10.2 Å². The zero-order valence-corrected chi connectivity index (χ0v) is 16.8. The van der Waals surface area contributed by atoms with E-state index >= 15 is 0 Å². The Kier molecular flexibility index (Phi) is 5.73. The number of halogens is 1. The number of nitrogens with one attached hydrogen (secondary N) is 2. The lowest BCUT2D eigenvalue weighted by Crippen LogP contribution is -2.26. The molecule has 0 aliphatic heterocycles. The number of aliphatic hydroxyl groups excluding tert-OH is 1. The predicted octanol–water partition coefficient (Wildman–Crippen LogP) is 2.81. The fraction of sp³-hybridized carbons (Fsp3) is 0.278. The minimum absolute atomic E-state index is 0.00715. The Morgan fingerprint density at radius 2 is 2.07 bits per heavy atom. The summed E-state index contributed by atoms with van der Waals surface area (Å²) in [6, 6.07) is 5.85. The predicted molar refractivity (Wildman–Crippen MR) is 105 cm³/mol. The van der Waals surface area contributed by atoms with Gasteiger partial charge in [0.25, 0.3) is 5.91 Å². The van der Waals surface area contributed by atoms with Gasteiger partial charge in [0.2, 0.25) is 0 Å². The summed E-state index contributed by atoms with van der Waals surface area (Å²) < 4.78 is 2.73. The average molecular weight is 434 g/mol. The van der Waals surface area contributed by atoms with E-state index in [1.54, 1.807) is 10.6 Å². The van der Waals surface area contributed by atoms with Crippen LogP contribution in [0.15, 0.2) is 28.9 Å². The van der Waals surface area contributed by atoms with Crippen molar-refractivity contribution in [2.45, 2.75) is 20.8 Å². The monoisotopic (exact) mass is 433 g/mol. The molecule has 0 saturated carbocycles. The SMILES string of the molecule is Cc1cc(Br)ccc1Nc1c(C(=O)NOCCO)cn2c(C)nnc2c1C. The molecule has 0 saturated heterocycles. The molecule has 8 nitrogen and oxygen atoms in total. The molecule has 2 heterocycles. The maximum Gasteiger partial charge on any atom is 0.278 e. The molecule has 0 bridgehead atoms. The summed E-state index contributed by atoms with van der Waals surface area (Å²) in [5.41, 5.74) is 6.68. The number of carbonyl (C=O) groups is 1. The van der Waals surface area contributed by atoms with Crippen molar-refractivity contribution < 1.29 is 14.7 Å². The molecule has 0 unspecified atom stereocenters. The van der Waals surface area contributed by atoms with Crippen LogP contribution in [0.25, 0.3) is 5.65 Å². The summed E-state index contributed by atoms with van der Waals surface area (Å²) in [6.07, 6.45) is 1.67. The minimum Gasteiger partial charge on any atom is -0.394 e. The molecule has 1 amide bonds. The third-order valence-corrected chi connectivity index (χ3v) is 4.65. The fourth-order valence-electron chi connectivity index (χ4n) is 2.74. The van der Waals surface area contributed by atoms with Crippen molar-refractivity contribution in [2.75, 3.05) is 18.5 Å². The number of hydroxylamine groups is 1. The highest BCUT2D eigenvalue weighted by Crippen LogP contribution is 2.30. The van der Waals surface area contributed by atoms with Gasteiger partial charge in [0.05, 0.1) is 24.5 Å². The lowest BCUT2D eigenvalue weighted by atomic mass is 10.1. The molecule has 0 radical (unpaired) electrons. The first kappa shape index (κ1) is 19.3. The lowest BCUT2D eigenvalue weighted by molar-refractivity contribution is 0.0168. The molecule has 0 fully saturated rings. The number of carbonyl (C=O) groups excluding carboxylic acids is 1. The van der Waals surface area contributed by atoms with Gasteiger partial charge < -0.3 is 10.4 Å². The molecule has 27 heavy (non-hydrogen) atoms. The molecule has 0 aliphatic carbocycles. The zero-order valence-electron chi connectivity index (χ0n) is 15.2. The van der Waals surface area contributed by atoms with Gasteiger partial charge in [0.1, 0.15) is 5.82 Å². The normalized spacial score (nSPS) is 11.0. The van der Waals surface area contributed by atoms with Crippen LogP contribution >= 0.6 is 15.9 Å². The number of hydrogen-bond acceptors (Lipinski definition) is 6. The standard InChI is InChI=1S/C18H20BrN5O3/c1-10-8-13(19)4-5-15(10)20-16-11(2)17-22-21-12(3)24(17)9-14(16)18(26)23-27-7-6-25/h4-5,8-9,20,25H,6-7H2,1-3H3,(H,23,26). The first-order valence-corrected chi connectivity index (χ1v) is 9.12. The number of anilines is 2. The number of benzene rings is 1. The smallest absolute Gasteiger partial charge is 0.278 e. The Bertz CT molecular complexity index is 1000. The van der Waals surface area contributed by atoms with Crippen LogP contribution in [0.1, 0.15) is 27.3 Å². The molecule has 9 heteroatoms. The number of fused-ring (bicyclic) bond motifs is 1. The highest BCUT2D eigenvalue weighted by Gasteiger charge is 2.20. The van der Waals surface area contributed by atoms with Crippen molar-refractivity contribution in [3.05, 3.63) is 51.4 Å². The van der Waals surface area contributed by atoms with Crippen LogP contribution in [0.3, 0.4) is 0 Å². The first-order valence-electron chi connectivity index (χ1n) is 8.33. The third-order valence-electron chi connectivity index (χ3n) is 4.16. The topological polar surface area (TPSA) is 101 Å². The summed E-state index contributed by atoms with van der Waals surface area (Å²) in [5.74, 6) is 0.239. The molecule has 1 aromatic carbocycles. The number of nitrogens with zero attached hydrogens (tertiary/aromatic N) is 3. The Hall–Kier alpha value is -2.49. The quantitative estimate of drug-likeness (QED) is 0.408. The molecule has 0 atom stereocenters. The Labute approximate surface area is 164 Å². The summed E-state index contributed by atoms with van der Waals surface area (Å²) >= 11 is 3.45. The highest BCUT2D eigenvalue weighted by molar-refractivity contribution is 9.10. The number of aryl methyl sites for hydroxylation is 3. The van der Waals surface area contributed by atoms with Gasteiger partial charge in [-0.25, -0.2) is 5.48 Å². The number of aromatic nitrogens is 3. The Balaban J connectivity index is 2.09. The van der Waals surface area contributed by atoms with Crippen molar-refractivity contribution in [1.29, 1.82) is 0 Å². The summed E-state index contributed by atoms with van der Waals surface area (Å²) in [4.78, 5) is 17.7. The van der Waals surface area contributed by atoms with Gasteiger partial charge in [0, 0.05) is 21.9 Å². The number of aliphatic hydroxyl groups is 1. The van der Waals surface area contributed by atoms with Crippen molar-refractivity contribution in [2.24, 2.45) is 0 Å². The second-order valence-corrected chi connectivity index (χ2v) is 6.99. The minimum atomic E-state index is -0.432. The van der Waals surface area contributed by atoms with E-state index in [1.807, 2.05) is 39.0 Å². The molecular weight excluding hydrogens is 414 g/mol. The number of pyridine rings is 1. The van der Waals surface area contributed by atoms with E-state index < -0.39 is 5.91 Å². The maximum absolute atomic E-state index is 12.7. The first-order chi connectivity index (χ1) is 12.9. The van der Waals surface area contributed by atoms with Gasteiger partial charge in [-0.1, -0.05) is 15.9 Å². The fourth-order valence-corrected chi connectivity index (χ4v) is 3.22. The van der Waals surface area contributed by atoms with Gasteiger partial charge in [-0.2, -0.15) is 0 Å². The van der Waals surface area contributed by atoms with Crippen molar-refractivity contribution in [1.82, 2.24) is 20.1 Å². The van der Waals surface area contributed by atoms with E-state index in [0.717, 1.165) is 21.3 Å². The van der Waals surface area contributed by atoms with Crippen LogP contribution in [0.2, 0.25) is 0 Å². The average Bonchev–Trinajstić information content (AvgIpc) is 3.00. The van der Waals surface area contributed by atoms with E-state index in [9.17, 15) is 4.79 Å². The molecule has 142 valence electrons. The summed E-state index contributed by atoms with van der Waals surface area (Å²) in [7, 11) is 0. The number of amides is 1. The van der Waals surface area contributed by atoms with E-state index in [-0.39, 0.29) is 13.2 Å². The third kappa shape index (κ3) is 3.95. The van der Waals surface area contributed by atoms with Crippen molar-refractivity contribution in [3.8, 4) is 0 Å². The maximum atomic E-state index is 12.7. The molecule has 3 aromatic rings. The largest absolute Gasteiger partial charge is 0.394 e. The van der Waals surface area contributed by atoms with Gasteiger partial charge in [-0.3, -0.25) is 14.0 Å². The lowest BCUT2D eigenvalue weighted by Gasteiger charge is -2.17. The molecule has 3 N–H and O–H groups in total. The van der Waals surface area contributed by atoms with Crippen molar-refractivity contribution in [3.63, 3.8) is 0 Å². The molecular formula is C18H20BrN5O3. The van der Waals surface area contributed by atoms with Crippen LogP contribution in [-0.4, -0.2) is 38.8 Å². The Morgan fingerprint density at radius 1 is 1.30 bits per heavy atom. The molecule has 2 aromatic heterocycles.